The van der Waals surface area contributed by atoms with E-state index in [0.717, 1.165) is 30.5 Å². The maximum Gasteiger partial charge on any atom is 0.123 e. The van der Waals surface area contributed by atoms with Crippen molar-refractivity contribution in [2.45, 2.75) is 32.7 Å². The third-order valence-electron chi connectivity index (χ3n) is 3.32. The van der Waals surface area contributed by atoms with Gasteiger partial charge >= 0.3 is 0 Å². The topological polar surface area (TPSA) is 12.0 Å². The third kappa shape index (κ3) is 3.88. The van der Waals surface area contributed by atoms with Crippen LogP contribution in [0, 0.1) is 12.7 Å². The highest BCUT2D eigenvalue weighted by molar-refractivity contribution is 7.07. The second-order valence-electron chi connectivity index (χ2n) is 4.84. The summed E-state index contributed by atoms with van der Waals surface area (Å²) in [5, 5.41) is 7.81. The molecule has 1 nitrogen and oxygen atoms in total. The molecule has 1 aromatic heterocycles. The van der Waals surface area contributed by atoms with Crippen molar-refractivity contribution in [1.29, 1.82) is 0 Å². The highest BCUT2D eigenvalue weighted by atomic mass is 32.1. The van der Waals surface area contributed by atoms with Gasteiger partial charge in [0, 0.05) is 6.04 Å². The Kier molecular flexibility index (Phi) is 5.11. The number of nitrogens with one attached hydrogen (secondary N) is 1. The molecule has 0 aliphatic heterocycles. The summed E-state index contributed by atoms with van der Waals surface area (Å²) in [5.41, 5.74) is 3.53. The zero-order chi connectivity index (χ0) is 13.7. The maximum atomic E-state index is 13.4. The molecule has 0 saturated carbocycles. The number of hydrogen-bond acceptors (Lipinski definition) is 2. The standard InChI is InChI=1S/C16H20FNS/c1-3-7-18-16(13-6-8-19-11-13)10-14-9-15(17)5-4-12(14)2/h4-6,8-9,11,16,18H,3,7,10H2,1-2H3. The molecular formula is C16H20FNS. The molecule has 1 atom stereocenters. The largest absolute Gasteiger partial charge is 0.310 e. The molecule has 0 aliphatic rings. The van der Waals surface area contributed by atoms with E-state index in [1.165, 1.54) is 11.6 Å². The van der Waals surface area contributed by atoms with Crippen molar-refractivity contribution < 1.29 is 4.39 Å². The van der Waals surface area contributed by atoms with Gasteiger partial charge in [0.2, 0.25) is 0 Å². The summed E-state index contributed by atoms with van der Waals surface area (Å²) >= 11 is 1.71. The lowest BCUT2D eigenvalue weighted by molar-refractivity contribution is 0.527. The van der Waals surface area contributed by atoms with Crippen LogP contribution < -0.4 is 5.32 Å². The molecule has 0 spiro atoms. The van der Waals surface area contributed by atoms with E-state index < -0.39 is 0 Å². The first-order valence-corrected chi connectivity index (χ1v) is 7.65. The first-order chi connectivity index (χ1) is 9.20. The van der Waals surface area contributed by atoms with Gasteiger partial charge in [0.25, 0.3) is 0 Å². The highest BCUT2D eigenvalue weighted by Crippen LogP contribution is 2.23. The van der Waals surface area contributed by atoms with Crippen molar-refractivity contribution in [3.63, 3.8) is 0 Å². The van der Waals surface area contributed by atoms with E-state index in [1.54, 1.807) is 17.4 Å². The Morgan fingerprint density at radius 3 is 2.84 bits per heavy atom. The van der Waals surface area contributed by atoms with E-state index in [-0.39, 0.29) is 11.9 Å². The molecule has 0 amide bonds. The quantitative estimate of drug-likeness (QED) is 0.821. The van der Waals surface area contributed by atoms with Gasteiger partial charge in [-0.2, -0.15) is 11.3 Å². The highest BCUT2D eigenvalue weighted by Gasteiger charge is 2.13. The number of aryl methyl sites for hydroxylation is 1. The number of benzene rings is 1. The van der Waals surface area contributed by atoms with E-state index >= 15 is 0 Å². The van der Waals surface area contributed by atoms with Crippen LogP contribution in [0.2, 0.25) is 0 Å². The first kappa shape index (κ1) is 14.2. The van der Waals surface area contributed by atoms with Crippen molar-refractivity contribution in [3.8, 4) is 0 Å². The Hall–Kier alpha value is -1.19. The van der Waals surface area contributed by atoms with E-state index in [2.05, 4.69) is 29.1 Å². The minimum Gasteiger partial charge on any atom is -0.310 e. The molecule has 0 saturated heterocycles. The lowest BCUT2D eigenvalue weighted by Gasteiger charge is -2.19. The molecule has 19 heavy (non-hydrogen) atoms. The van der Waals surface area contributed by atoms with Crippen molar-refractivity contribution in [2.24, 2.45) is 0 Å². The van der Waals surface area contributed by atoms with Gasteiger partial charge in [-0.05, 0) is 72.0 Å². The molecule has 0 aliphatic carbocycles. The number of halogens is 1. The Labute approximate surface area is 118 Å². The van der Waals surface area contributed by atoms with Crippen LogP contribution in [-0.2, 0) is 6.42 Å². The van der Waals surface area contributed by atoms with Gasteiger partial charge in [-0.1, -0.05) is 13.0 Å². The first-order valence-electron chi connectivity index (χ1n) is 6.71. The number of rotatable bonds is 6. The summed E-state index contributed by atoms with van der Waals surface area (Å²) in [5.74, 6) is -0.153. The van der Waals surface area contributed by atoms with Crippen molar-refractivity contribution in [2.75, 3.05) is 6.54 Å². The monoisotopic (exact) mass is 277 g/mol. The number of hydrogen-bond donors (Lipinski definition) is 1. The smallest absolute Gasteiger partial charge is 0.123 e. The van der Waals surface area contributed by atoms with Gasteiger partial charge in [0.05, 0.1) is 0 Å². The van der Waals surface area contributed by atoms with Crippen LogP contribution in [0.1, 0.15) is 36.1 Å². The van der Waals surface area contributed by atoms with E-state index in [0.29, 0.717) is 0 Å². The van der Waals surface area contributed by atoms with E-state index in [9.17, 15) is 4.39 Å². The maximum absolute atomic E-state index is 13.4. The van der Waals surface area contributed by atoms with E-state index in [1.807, 2.05) is 13.0 Å². The Balaban J connectivity index is 2.17. The zero-order valence-electron chi connectivity index (χ0n) is 11.4. The molecule has 102 valence electrons. The van der Waals surface area contributed by atoms with Gasteiger partial charge < -0.3 is 5.32 Å². The summed E-state index contributed by atoms with van der Waals surface area (Å²) in [4.78, 5) is 0. The zero-order valence-corrected chi connectivity index (χ0v) is 12.3. The minimum absolute atomic E-state index is 0.153. The molecule has 3 heteroatoms. The van der Waals surface area contributed by atoms with Crippen molar-refractivity contribution in [1.82, 2.24) is 5.32 Å². The molecular weight excluding hydrogens is 257 g/mol. The molecule has 1 aromatic carbocycles. The average Bonchev–Trinajstić information content (AvgIpc) is 2.92. The Bertz CT molecular complexity index is 507. The van der Waals surface area contributed by atoms with Crippen LogP contribution in [0.3, 0.4) is 0 Å². The van der Waals surface area contributed by atoms with Gasteiger partial charge in [-0.25, -0.2) is 4.39 Å². The van der Waals surface area contributed by atoms with Gasteiger partial charge in [0.1, 0.15) is 5.82 Å². The predicted octanol–water partition coefficient (Wildman–Crippen LogP) is 4.48. The fourth-order valence-electron chi connectivity index (χ4n) is 2.18. The minimum atomic E-state index is -0.153. The van der Waals surface area contributed by atoms with Crippen LogP contribution in [0.4, 0.5) is 4.39 Å². The molecule has 1 unspecified atom stereocenters. The lowest BCUT2D eigenvalue weighted by atomic mass is 9.97. The second-order valence-corrected chi connectivity index (χ2v) is 5.62. The summed E-state index contributed by atoms with van der Waals surface area (Å²) in [6, 6.07) is 7.45. The van der Waals surface area contributed by atoms with Gasteiger partial charge in [0.15, 0.2) is 0 Å². The molecule has 1 heterocycles. The van der Waals surface area contributed by atoms with Crippen LogP contribution in [-0.4, -0.2) is 6.54 Å². The Morgan fingerprint density at radius 1 is 1.32 bits per heavy atom. The molecule has 0 radical (unpaired) electrons. The summed E-state index contributed by atoms with van der Waals surface area (Å²) in [7, 11) is 0. The van der Waals surface area contributed by atoms with Crippen LogP contribution >= 0.6 is 11.3 Å². The molecule has 1 N–H and O–H groups in total. The molecule has 2 aromatic rings. The predicted molar refractivity (Wildman–Crippen MR) is 80.2 cm³/mol. The summed E-state index contributed by atoms with van der Waals surface area (Å²) in [6.07, 6.45) is 1.93. The second kappa shape index (κ2) is 6.83. The lowest BCUT2D eigenvalue weighted by Crippen LogP contribution is -2.24. The van der Waals surface area contributed by atoms with Crippen LogP contribution in [0.15, 0.2) is 35.0 Å². The third-order valence-corrected chi connectivity index (χ3v) is 4.02. The average molecular weight is 277 g/mol. The van der Waals surface area contributed by atoms with Gasteiger partial charge in [-0.3, -0.25) is 0 Å². The normalized spacial score (nSPS) is 12.6. The number of thiophene rings is 1. The summed E-state index contributed by atoms with van der Waals surface area (Å²) in [6.45, 7) is 5.18. The Morgan fingerprint density at radius 2 is 2.16 bits per heavy atom. The fraction of sp³-hybridized carbons (Fsp3) is 0.375. The fourth-order valence-corrected chi connectivity index (χ4v) is 2.89. The van der Waals surface area contributed by atoms with Crippen molar-refractivity contribution >= 4 is 11.3 Å². The van der Waals surface area contributed by atoms with Gasteiger partial charge in [-0.15, -0.1) is 0 Å². The molecule has 0 fully saturated rings. The summed E-state index contributed by atoms with van der Waals surface area (Å²) < 4.78 is 13.4. The van der Waals surface area contributed by atoms with Crippen LogP contribution in [0.25, 0.3) is 0 Å². The SMILES string of the molecule is CCCNC(Cc1cc(F)ccc1C)c1ccsc1. The van der Waals surface area contributed by atoms with E-state index in [4.69, 9.17) is 0 Å². The van der Waals surface area contributed by atoms with Crippen LogP contribution in [0.5, 0.6) is 0 Å². The molecule has 2 rings (SSSR count). The molecule has 0 bridgehead atoms. The van der Waals surface area contributed by atoms with Crippen molar-refractivity contribution in [3.05, 3.63) is 57.5 Å².